The Kier molecular flexibility index (Phi) is 2.29. The Hall–Kier alpha value is -1.26. The van der Waals surface area contributed by atoms with E-state index >= 15 is 0 Å². The van der Waals surface area contributed by atoms with Gasteiger partial charge in [-0.3, -0.25) is 0 Å². The summed E-state index contributed by atoms with van der Waals surface area (Å²) in [6.45, 7) is 1.02. The minimum absolute atomic E-state index is 0.391. The summed E-state index contributed by atoms with van der Waals surface area (Å²) in [5, 5.41) is 10.1. The Bertz CT molecular complexity index is 412. The zero-order valence-electron chi connectivity index (χ0n) is 10.6. The van der Waals surface area contributed by atoms with Gasteiger partial charge in [-0.25, -0.2) is 5.10 Å². The molecule has 4 N–H and O–H groups in total. The van der Waals surface area contributed by atoms with Crippen molar-refractivity contribution in [3.05, 3.63) is 0 Å². The van der Waals surface area contributed by atoms with Gasteiger partial charge < -0.3 is 11.1 Å². The van der Waals surface area contributed by atoms with E-state index in [0.29, 0.717) is 11.9 Å². The Morgan fingerprint density at radius 2 is 1.78 bits per heavy atom. The zero-order chi connectivity index (χ0) is 12.1. The average molecular weight is 247 g/mol. The summed E-state index contributed by atoms with van der Waals surface area (Å²) in [6.07, 6.45) is 7.39. The summed E-state index contributed by atoms with van der Waals surface area (Å²) in [6, 6.07) is 0. The second kappa shape index (κ2) is 3.87. The van der Waals surface area contributed by atoms with Crippen LogP contribution in [0.15, 0.2) is 0 Å². The lowest BCUT2D eigenvalue weighted by molar-refractivity contribution is -0.0306. The molecule has 98 valence electrons. The third-order valence-electron chi connectivity index (χ3n) is 5.42. The Labute approximate surface area is 107 Å². The van der Waals surface area contributed by atoms with Gasteiger partial charge in [-0.1, -0.05) is 0 Å². The van der Waals surface area contributed by atoms with Crippen LogP contribution in [0.3, 0.4) is 0 Å². The van der Waals surface area contributed by atoms with Gasteiger partial charge in [0.15, 0.2) is 0 Å². The highest BCUT2D eigenvalue weighted by molar-refractivity contribution is 5.29. The molecule has 18 heavy (non-hydrogen) atoms. The van der Waals surface area contributed by atoms with Crippen LogP contribution in [0.2, 0.25) is 0 Å². The first-order valence-electron chi connectivity index (χ1n) is 7.19. The smallest absolute Gasteiger partial charge is 0.243 e. The molecule has 0 radical (unpaired) electrons. The molecule has 5 heteroatoms. The van der Waals surface area contributed by atoms with Gasteiger partial charge in [0.2, 0.25) is 11.9 Å². The number of nitrogens with zero attached hydrogens (tertiary/aromatic N) is 2. The molecule has 0 spiro atoms. The van der Waals surface area contributed by atoms with Crippen molar-refractivity contribution < 1.29 is 0 Å². The number of hydrogen-bond acceptors (Lipinski definition) is 4. The molecule has 0 aromatic carbocycles. The lowest BCUT2D eigenvalue weighted by Crippen LogP contribution is -2.47. The van der Waals surface area contributed by atoms with Crippen LogP contribution in [0.25, 0.3) is 0 Å². The van der Waals surface area contributed by atoms with Crippen molar-refractivity contribution in [1.29, 1.82) is 0 Å². The molecule has 5 nitrogen and oxygen atoms in total. The zero-order valence-corrected chi connectivity index (χ0v) is 10.6. The molecule has 4 saturated carbocycles. The van der Waals surface area contributed by atoms with Crippen molar-refractivity contribution in [1.82, 2.24) is 15.2 Å². The van der Waals surface area contributed by atoms with Gasteiger partial charge >= 0.3 is 0 Å². The maximum atomic E-state index is 5.53. The van der Waals surface area contributed by atoms with Crippen molar-refractivity contribution in [2.24, 2.45) is 29.6 Å². The molecule has 5 rings (SSSR count). The van der Waals surface area contributed by atoms with E-state index in [9.17, 15) is 0 Å². The van der Waals surface area contributed by atoms with Gasteiger partial charge in [0.25, 0.3) is 0 Å². The summed E-state index contributed by atoms with van der Waals surface area (Å²) < 4.78 is 0. The number of nitrogen functional groups attached to an aromatic ring is 1. The molecule has 4 aliphatic rings. The van der Waals surface area contributed by atoms with E-state index in [4.69, 9.17) is 5.73 Å². The molecular weight excluding hydrogens is 226 g/mol. The predicted molar refractivity (Wildman–Crippen MR) is 69.8 cm³/mol. The Balaban J connectivity index is 1.43. The van der Waals surface area contributed by atoms with Crippen LogP contribution in [-0.4, -0.2) is 21.7 Å². The Morgan fingerprint density at radius 3 is 2.33 bits per heavy atom. The Morgan fingerprint density at radius 1 is 1.11 bits per heavy atom. The van der Waals surface area contributed by atoms with E-state index in [1.54, 1.807) is 0 Å². The second-order valence-electron chi connectivity index (χ2n) is 6.52. The lowest BCUT2D eigenvalue weighted by Gasteiger charge is -2.54. The summed E-state index contributed by atoms with van der Waals surface area (Å²) in [5.41, 5.74) is 5.53. The van der Waals surface area contributed by atoms with Gasteiger partial charge in [-0.2, -0.15) is 4.98 Å². The van der Waals surface area contributed by atoms with Crippen LogP contribution in [0.1, 0.15) is 32.1 Å². The van der Waals surface area contributed by atoms with E-state index in [1.165, 1.54) is 32.1 Å². The molecule has 0 atom stereocenters. The quantitative estimate of drug-likeness (QED) is 0.762. The normalized spacial score (nSPS) is 41.2. The summed E-state index contributed by atoms with van der Waals surface area (Å²) in [4.78, 5) is 4.11. The monoisotopic (exact) mass is 247 g/mol. The summed E-state index contributed by atoms with van der Waals surface area (Å²) in [5.74, 6) is 5.86. The summed E-state index contributed by atoms with van der Waals surface area (Å²) >= 11 is 0. The van der Waals surface area contributed by atoms with Crippen LogP contribution in [0.4, 0.5) is 11.9 Å². The number of H-pyrrole nitrogens is 1. The molecule has 4 bridgehead atoms. The highest BCUT2D eigenvalue weighted by Crippen LogP contribution is 2.56. The fourth-order valence-electron chi connectivity index (χ4n) is 4.93. The van der Waals surface area contributed by atoms with E-state index < -0.39 is 0 Å². The van der Waals surface area contributed by atoms with Crippen LogP contribution in [0, 0.1) is 29.6 Å². The number of anilines is 2. The van der Waals surface area contributed by atoms with E-state index in [0.717, 1.165) is 36.1 Å². The highest BCUT2D eigenvalue weighted by Gasteiger charge is 2.47. The van der Waals surface area contributed by atoms with Crippen LogP contribution in [-0.2, 0) is 0 Å². The molecule has 0 amide bonds. The first-order valence-corrected chi connectivity index (χ1v) is 7.19. The topological polar surface area (TPSA) is 79.6 Å². The number of rotatable bonds is 3. The second-order valence-corrected chi connectivity index (χ2v) is 6.52. The third kappa shape index (κ3) is 1.68. The van der Waals surface area contributed by atoms with Crippen molar-refractivity contribution in [2.75, 3.05) is 17.6 Å². The van der Waals surface area contributed by atoms with E-state index in [2.05, 4.69) is 20.5 Å². The minimum atomic E-state index is 0.391. The fraction of sp³-hybridized carbons (Fsp3) is 0.846. The maximum absolute atomic E-state index is 5.53. The molecule has 1 aromatic rings. The van der Waals surface area contributed by atoms with Crippen molar-refractivity contribution in [3.63, 3.8) is 0 Å². The number of nitrogens with one attached hydrogen (secondary N) is 2. The molecular formula is C13H21N5. The predicted octanol–water partition coefficient (Wildman–Crippen LogP) is 1.87. The molecule has 1 heterocycles. The highest BCUT2D eigenvalue weighted by atomic mass is 15.3. The standard InChI is InChI=1S/C13H21N5/c14-12-16-13(18-17-12)15-6-11-9-2-7-1-8(4-9)5-10(11)3-7/h7-11H,1-6H2,(H4,14,15,16,17,18). The number of aromatic amines is 1. The number of nitrogens with two attached hydrogens (primary N) is 1. The largest absolute Gasteiger partial charge is 0.368 e. The van der Waals surface area contributed by atoms with Crippen molar-refractivity contribution in [3.8, 4) is 0 Å². The third-order valence-corrected chi connectivity index (χ3v) is 5.42. The van der Waals surface area contributed by atoms with Crippen LogP contribution < -0.4 is 11.1 Å². The SMILES string of the molecule is Nc1nc(NCC2C3CC4CC(C3)CC2C4)n[nH]1. The van der Waals surface area contributed by atoms with Crippen molar-refractivity contribution in [2.45, 2.75) is 32.1 Å². The van der Waals surface area contributed by atoms with E-state index in [-0.39, 0.29) is 0 Å². The molecule has 0 unspecified atom stereocenters. The molecule has 0 aliphatic heterocycles. The molecule has 4 fully saturated rings. The first-order chi connectivity index (χ1) is 8.78. The average Bonchev–Trinajstić information content (AvgIpc) is 2.73. The van der Waals surface area contributed by atoms with Crippen LogP contribution >= 0.6 is 0 Å². The number of hydrogen-bond donors (Lipinski definition) is 3. The molecule has 1 aromatic heterocycles. The fourth-order valence-corrected chi connectivity index (χ4v) is 4.93. The first kappa shape index (κ1) is 10.6. The van der Waals surface area contributed by atoms with Gasteiger partial charge in [-0.05, 0) is 61.7 Å². The van der Waals surface area contributed by atoms with Gasteiger partial charge in [0.1, 0.15) is 0 Å². The van der Waals surface area contributed by atoms with Crippen LogP contribution in [0.5, 0.6) is 0 Å². The lowest BCUT2D eigenvalue weighted by atomic mass is 9.52. The van der Waals surface area contributed by atoms with Gasteiger partial charge in [-0.15, -0.1) is 5.10 Å². The summed E-state index contributed by atoms with van der Waals surface area (Å²) in [7, 11) is 0. The maximum Gasteiger partial charge on any atom is 0.243 e. The van der Waals surface area contributed by atoms with E-state index in [1.807, 2.05) is 0 Å². The molecule has 0 saturated heterocycles. The van der Waals surface area contributed by atoms with Gasteiger partial charge in [0, 0.05) is 6.54 Å². The minimum Gasteiger partial charge on any atom is -0.368 e. The van der Waals surface area contributed by atoms with Crippen molar-refractivity contribution >= 4 is 11.9 Å². The van der Waals surface area contributed by atoms with Gasteiger partial charge in [0.05, 0.1) is 0 Å². The molecule has 4 aliphatic carbocycles. The number of aromatic nitrogens is 3.